The Morgan fingerprint density at radius 1 is 0.941 bits per heavy atom. The first-order valence-corrected chi connectivity index (χ1v) is 11.8. The van der Waals surface area contributed by atoms with Gasteiger partial charge in [0.15, 0.2) is 0 Å². The predicted molar refractivity (Wildman–Crippen MR) is 136 cm³/mol. The van der Waals surface area contributed by atoms with Crippen LogP contribution >= 0.6 is 0 Å². The molecule has 6 nitrogen and oxygen atoms in total. The molecule has 3 rings (SSSR count). The number of hydrogen-bond acceptors (Lipinski definition) is 3. The van der Waals surface area contributed by atoms with Crippen LogP contribution < -0.4 is 5.32 Å². The van der Waals surface area contributed by atoms with Crippen molar-refractivity contribution >= 4 is 17.6 Å². The van der Waals surface area contributed by atoms with Gasteiger partial charge in [0.05, 0.1) is 12.8 Å². The third-order valence-electron chi connectivity index (χ3n) is 5.84. The van der Waals surface area contributed by atoms with Crippen LogP contribution in [0, 0.1) is 19.8 Å². The number of carbonyl (C=O) groups excluding carboxylic acids is 2. The van der Waals surface area contributed by atoms with Crippen LogP contribution in [0.2, 0.25) is 0 Å². The Bertz CT molecular complexity index is 1060. The quantitative estimate of drug-likeness (QED) is 0.424. The molecule has 1 heterocycles. The SMILES string of the molecule is Cc1cccc(NC(=O)N(CC(=O)N(CCc2ccccc2)Cc2ccco2)CC(C)C)c1C. The van der Waals surface area contributed by atoms with Gasteiger partial charge in [-0.25, -0.2) is 4.79 Å². The molecule has 0 bridgehead atoms. The molecule has 2 aromatic carbocycles. The lowest BCUT2D eigenvalue weighted by molar-refractivity contribution is -0.132. The number of amides is 3. The van der Waals surface area contributed by atoms with Crippen LogP contribution in [0.3, 0.4) is 0 Å². The maximum Gasteiger partial charge on any atom is 0.322 e. The normalized spacial score (nSPS) is 10.9. The minimum Gasteiger partial charge on any atom is -0.467 e. The highest BCUT2D eigenvalue weighted by molar-refractivity contribution is 5.93. The molecule has 0 saturated carbocycles. The first kappa shape index (κ1) is 25.1. The molecule has 0 spiro atoms. The second kappa shape index (κ2) is 12.1. The number of carbonyl (C=O) groups is 2. The van der Waals surface area contributed by atoms with E-state index in [1.165, 1.54) is 0 Å². The number of anilines is 1. The molecule has 0 fully saturated rings. The molecular formula is C28H35N3O3. The fourth-order valence-electron chi connectivity index (χ4n) is 3.80. The predicted octanol–water partition coefficient (Wildman–Crippen LogP) is 5.66. The summed E-state index contributed by atoms with van der Waals surface area (Å²) in [5.74, 6) is 0.834. The smallest absolute Gasteiger partial charge is 0.322 e. The van der Waals surface area contributed by atoms with Crippen LogP contribution in [0.25, 0.3) is 0 Å². The fraction of sp³-hybridized carbons (Fsp3) is 0.357. The molecule has 3 aromatic rings. The molecule has 3 amide bonds. The summed E-state index contributed by atoms with van der Waals surface area (Å²) in [6.45, 7) is 9.47. The van der Waals surface area contributed by atoms with Crippen LogP contribution in [0.4, 0.5) is 10.5 Å². The zero-order chi connectivity index (χ0) is 24.5. The molecule has 0 radical (unpaired) electrons. The fourth-order valence-corrected chi connectivity index (χ4v) is 3.80. The van der Waals surface area contributed by atoms with Gasteiger partial charge in [0.25, 0.3) is 0 Å². The second-order valence-electron chi connectivity index (χ2n) is 9.08. The van der Waals surface area contributed by atoms with Crippen molar-refractivity contribution in [2.45, 2.75) is 40.7 Å². The summed E-state index contributed by atoms with van der Waals surface area (Å²) in [4.78, 5) is 30.0. The minimum absolute atomic E-state index is 0.00434. The molecule has 0 aliphatic carbocycles. The van der Waals surface area contributed by atoms with Crippen LogP contribution in [0.5, 0.6) is 0 Å². The number of furan rings is 1. The van der Waals surface area contributed by atoms with Gasteiger partial charge in [-0.3, -0.25) is 4.79 Å². The van der Waals surface area contributed by atoms with E-state index >= 15 is 0 Å². The molecule has 6 heteroatoms. The highest BCUT2D eigenvalue weighted by Gasteiger charge is 2.23. The highest BCUT2D eigenvalue weighted by atomic mass is 16.3. The first-order valence-electron chi connectivity index (χ1n) is 11.8. The molecule has 0 aliphatic heterocycles. The summed E-state index contributed by atoms with van der Waals surface area (Å²) < 4.78 is 5.50. The molecule has 34 heavy (non-hydrogen) atoms. The van der Waals surface area contributed by atoms with Gasteiger partial charge in [0, 0.05) is 18.8 Å². The third kappa shape index (κ3) is 7.24. The Morgan fingerprint density at radius 2 is 1.71 bits per heavy atom. The number of urea groups is 1. The Kier molecular flexibility index (Phi) is 8.91. The Labute approximate surface area is 202 Å². The van der Waals surface area contributed by atoms with Crippen molar-refractivity contribution in [3.05, 3.63) is 89.4 Å². The average Bonchev–Trinajstić information content (AvgIpc) is 3.32. The molecule has 180 valence electrons. The highest BCUT2D eigenvalue weighted by Crippen LogP contribution is 2.19. The van der Waals surface area contributed by atoms with Crippen LogP contribution in [-0.2, 0) is 17.8 Å². The van der Waals surface area contributed by atoms with E-state index in [4.69, 9.17) is 4.42 Å². The number of nitrogens with one attached hydrogen (secondary N) is 1. The molecule has 0 atom stereocenters. The van der Waals surface area contributed by atoms with Crippen molar-refractivity contribution in [3.8, 4) is 0 Å². The van der Waals surface area contributed by atoms with Crippen LogP contribution in [0.1, 0.15) is 36.3 Å². The van der Waals surface area contributed by atoms with Crippen molar-refractivity contribution in [1.29, 1.82) is 0 Å². The standard InChI is InChI=1S/C28H35N3O3/c1-21(2)18-31(28(33)29-26-14-8-10-22(3)23(26)4)20-27(32)30(19-25-13-9-17-34-25)16-15-24-11-6-5-7-12-24/h5-14,17,21H,15-16,18-20H2,1-4H3,(H,29,33). The molecule has 1 aromatic heterocycles. The van der Waals surface area contributed by atoms with Gasteiger partial charge in [0.1, 0.15) is 12.3 Å². The van der Waals surface area contributed by atoms with E-state index < -0.39 is 0 Å². The maximum absolute atomic E-state index is 13.4. The van der Waals surface area contributed by atoms with E-state index in [0.717, 1.165) is 34.6 Å². The monoisotopic (exact) mass is 461 g/mol. The number of benzene rings is 2. The zero-order valence-corrected chi connectivity index (χ0v) is 20.6. The lowest BCUT2D eigenvalue weighted by atomic mass is 10.1. The first-order chi connectivity index (χ1) is 16.3. The Hall–Kier alpha value is -3.54. The second-order valence-corrected chi connectivity index (χ2v) is 9.08. The van der Waals surface area contributed by atoms with E-state index in [0.29, 0.717) is 19.6 Å². The van der Waals surface area contributed by atoms with Crippen molar-refractivity contribution in [2.24, 2.45) is 5.92 Å². The van der Waals surface area contributed by atoms with Crippen molar-refractivity contribution in [3.63, 3.8) is 0 Å². The topological polar surface area (TPSA) is 65.8 Å². The van der Waals surface area contributed by atoms with Gasteiger partial charge < -0.3 is 19.5 Å². The van der Waals surface area contributed by atoms with Gasteiger partial charge >= 0.3 is 6.03 Å². The van der Waals surface area contributed by atoms with Gasteiger partial charge in [-0.1, -0.05) is 56.3 Å². The number of hydrogen-bond donors (Lipinski definition) is 1. The van der Waals surface area contributed by atoms with E-state index in [2.05, 4.69) is 17.4 Å². The summed E-state index contributed by atoms with van der Waals surface area (Å²) in [5.41, 5.74) is 4.05. The van der Waals surface area contributed by atoms with Crippen molar-refractivity contribution in [1.82, 2.24) is 9.80 Å². The average molecular weight is 462 g/mol. The maximum atomic E-state index is 13.4. The summed E-state index contributed by atoms with van der Waals surface area (Å²) in [7, 11) is 0. The van der Waals surface area contributed by atoms with Gasteiger partial charge in [0.2, 0.25) is 5.91 Å². The molecule has 0 unspecified atom stereocenters. The van der Waals surface area contributed by atoms with E-state index in [1.807, 2.05) is 76.2 Å². The number of aryl methyl sites for hydroxylation is 1. The summed E-state index contributed by atoms with van der Waals surface area (Å²) >= 11 is 0. The zero-order valence-electron chi connectivity index (χ0n) is 20.6. The largest absolute Gasteiger partial charge is 0.467 e. The molecule has 1 N–H and O–H groups in total. The summed E-state index contributed by atoms with van der Waals surface area (Å²) in [6, 6.07) is 19.3. The lowest BCUT2D eigenvalue weighted by Crippen LogP contribution is -2.46. The Balaban J connectivity index is 1.73. The van der Waals surface area contributed by atoms with Gasteiger partial charge in [-0.05, 0) is 61.1 Å². The summed E-state index contributed by atoms with van der Waals surface area (Å²) in [5, 5.41) is 3.00. The number of nitrogens with zero attached hydrogens (tertiary/aromatic N) is 2. The van der Waals surface area contributed by atoms with Crippen LogP contribution in [-0.4, -0.2) is 41.4 Å². The molecule has 0 aliphatic rings. The van der Waals surface area contributed by atoms with E-state index in [1.54, 1.807) is 16.1 Å². The minimum atomic E-state index is -0.267. The van der Waals surface area contributed by atoms with Crippen molar-refractivity contribution in [2.75, 3.05) is 25.0 Å². The van der Waals surface area contributed by atoms with E-state index in [-0.39, 0.29) is 24.4 Å². The molecular weight excluding hydrogens is 426 g/mol. The van der Waals surface area contributed by atoms with Gasteiger partial charge in [-0.2, -0.15) is 0 Å². The summed E-state index contributed by atoms with van der Waals surface area (Å²) in [6.07, 6.45) is 2.34. The number of rotatable bonds is 10. The Morgan fingerprint density at radius 3 is 2.38 bits per heavy atom. The van der Waals surface area contributed by atoms with Crippen molar-refractivity contribution < 1.29 is 14.0 Å². The van der Waals surface area contributed by atoms with E-state index in [9.17, 15) is 9.59 Å². The third-order valence-corrected chi connectivity index (χ3v) is 5.84. The van der Waals surface area contributed by atoms with Crippen LogP contribution in [0.15, 0.2) is 71.3 Å². The lowest BCUT2D eigenvalue weighted by Gasteiger charge is -2.29. The van der Waals surface area contributed by atoms with Gasteiger partial charge in [-0.15, -0.1) is 0 Å². The molecule has 0 saturated heterocycles.